The van der Waals surface area contributed by atoms with E-state index in [1.54, 1.807) is 17.4 Å². The Bertz CT molecular complexity index is 900. The molecular formula is C16H16N4O3S. The van der Waals surface area contributed by atoms with E-state index in [0.717, 1.165) is 10.7 Å². The molecule has 0 bridgehead atoms. The minimum atomic E-state index is -0.431. The Morgan fingerprint density at radius 2 is 2.29 bits per heavy atom. The highest BCUT2D eigenvalue weighted by atomic mass is 32.1. The highest BCUT2D eigenvalue weighted by Gasteiger charge is 2.34. The quantitative estimate of drug-likeness (QED) is 0.541. The molecule has 4 rings (SSSR count). The van der Waals surface area contributed by atoms with E-state index in [1.165, 1.54) is 25.0 Å². The van der Waals surface area contributed by atoms with Crippen molar-refractivity contribution in [3.8, 4) is 0 Å². The van der Waals surface area contributed by atoms with Crippen LogP contribution in [0, 0.1) is 23.0 Å². The first-order valence-electron chi connectivity index (χ1n) is 7.79. The maximum absolute atomic E-state index is 10.8. The molecule has 3 aromatic rings. The van der Waals surface area contributed by atoms with Crippen molar-refractivity contribution in [2.24, 2.45) is 5.92 Å². The molecule has 1 aliphatic rings. The van der Waals surface area contributed by atoms with Crippen LogP contribution < -0.4 is 5.32 Å². The SMILES string of the molecule is Cc1csc([C@@H](NCc2nc3cc([N+](=O)[O-])ccc3o2)C2CC2)n1. The average Bonchev–Trinajstić information content (AvgIpc) is 3.16. The zero-order valence-corrected chi connectivity index (χ0v) is 13.9. The molecule has 2 aromatic heterocycles. The molecule has 2 heterocycles. The van der Waals surface area contributed by atoms with E-state index in [4.69, 9.17) is 4.42 Å². The molecule has 8 heteroatoms. The van der Waals surface area contributed by atoms with E-state index >= 15 is 0 Å². The van der Waals surface area contributed by atoms with Gasteiger partial charge in [0.25, 0.3) is 5.69 Å². The number of oxazole rings is 1. The van der Waals surface area contributed by atoms with E-state index in [1.807, 2.05) is 6.92 Å². The summed E-state index contributed by atoms with van der Waals surface area (Å²) in [6.45, 7) is 2.47. The average molecular weight is 344 g/mol. The summed E-state index contributed by atoms with van der Waals surface area (Å²) in [6, 6.07) is 4.67. The van der Waals surface area contributed by atoms with Crippen molar-refractivity contribution in [2.75, 3.05) is 0 Å². The van der Waals surface area contributed by atoms with Crippen LogP contribution in [-0.2, 0) is 6.54 Å². The van der Waals surface area contributed by atoms with Crippen LogP contribution in [0.4, 0.5) is 5.69 Å². The Morgan fingerprint density at radius 3 is 2.96 bits per heavy atom. The van der Waals surface area contributed by atoms with Crippen LogP contribution in [0.15, 0.2) is 28.0 Å². The Labute approximate surface area is 141 Å². The molecule has 0 spiro atoms. The summed E-state index contributed by atoms with van der Waals surface area (Å²) in [6.07, 6.45) is 2.41. The van der Waals surface area contributed by atoms with Crippen molar-refractivity contribution in [1.29, 1.82) is 0 Å². The van der Waals surface area contributed by atoms with Gasteiger partial charge >= 0.3 is 0 Å². The van der Waals surface area contributed by atoms with Crippen molar-refractivity contribution in [1.82, 2.24) is 15.3 Å². The number of nitrogens with one attached hydrogen (secondary N) is 1. The van der Waals surface area contributed by atoms with Crippen LogP contribution in [0.5, 0.6) is 0 Å². The predicted octanol–water partition coefficient (Wildman–Crippen LogP) is 3.74. The van der Waals surface area contributed by atoms with Gasteiger partial charge in [0.05, 0.1) is 17.5 Å². The van der Waals surface area contributed by atoms with Crippen molar-refractivity contribution in [2.45, 2.75) is 32.4 Å². The number of nitro groups is 1. The fourth-order valence-corrected chi connectivity index (χ4v) is 3.71. The minimum absolute atomic E-state index is 0.0180. The summed E-state index contributed by atoms with van der Waals surface area (Å²) < 4.78 is 5.68. The second-order valence-electron chi connectivity index (χ2n) is 6.04. The number of hydrogen-bond donors (Lipinski definition) is 1. The molecule has 1 saturated carbocycles. The number of nitrogens with zero attached hydrogens (tertiary/aromatic N) is 3. The van der Waals surface area contributed by atoms with Gasteiger partial charge in [0, 0.05) is 23.2 Å². The first-order valence-corrected chi connectivity index (χ1v) is 8.67. The summed E-state index contributed by atoms with van der Waals surface area (Å²) >= 11 is 1.67. The molecule has 1 aromatic carbocycles. The molecule has 0 unspecified atom stereocenters. The number of fused-ring (bicyclic) bond motifs is 1. The standard InChI is InChI=1S/C16H16N4O3S/c1-9-8-24-16(18-9)15(10-2-3-10)17-7-14-19-12-6-11(20(21)22)4-5-13(12)23-14/h4-6,8,10,15,17H,2-3,7H2,1H3/t15-/m0/s1. The van der Waals surface area contributed by atoms with Gasteiger partial charge < -0.3 is 4.42 Å². The number of hydrogen-bond acceptors (Lipinski definition) is 7. The summed E-state index contributed by atoms with van der Waals surface area (Å²) in [5.74, 6) is 1.14. The third kappa shape index (κ3) is 3.02. The number of aromatic nitrogens is 2. The number of thiazole rings is 1. The molecule has 0 aliphatic heterocycles. The molecule has 0 amide bonds. The molecule has 1 N–H and O–H groups in total. The van der Waals surface area contributed by atoms with E-state index in [9.17, 15) is 10.1 Å². The first kappa shape index (κ1) is 15.2. The molecule has 1 atom stereocenters. The zero-order chi connectivity index (χ0) is 16.7. The molecular weight excluding hydrogens is 328 g/mol. The van der Waals surface area contributed by atoms with Gasteiger partial charge in [-0.25, -0.2) is 9.97 Å². The highest BCUT2D eigenvalue weighted by molar-refractivity contribution is 7.09. The van der Waals surface area contributed by atoms with Gasteiger partial charge in [-0.15, -0.1) is 11.3 Å². The van der Waals surface area contributed by atoms with E-state index < -0.39 is 4.92 Å². The third-order valence-corrected chi connectivity index (χ3v) is 5.14. The van der Waals surface area contributed by atoms with Gasteiger partial charge in [0.2, 0.25) is 5.89 Å². The lowest BCUT2D eigenvalue weighted by molar-refractivity contribution is -0.384. The molecule has 1 aliphatic carbocycles. The molecule has 0 saturated heterocycles. The lowest BCUT2D eigenvalue weighted by atomic mass is 10.2. The van der Waals surface area contributed by atoms with Crippen molar-refractivity contribution in [3.63, 3.8) is 0 Å². The van der Waals surface area contributed by atoms with Gasteiger partial charge in [-0.1, -0.05) is 0 Å². The van der Waals surface area contributed by atoms with Crippen LogP contribution in [0.2, 0.25) is 0 Å². The van der Waals surface area contributed by atoms with Crippen molar-refractivity contribution >= 4 is 28.1 Å². The number of rotatable bonds is 6. The first-order chi connectivity index (χ1) is 11.6. The van der Waals surface area contributed by atoms with Gasteiger partial charge in [0.15, 0.2) is 5.58 Å². The Morgan fingerprint density at radius 1 is 1.46 bits per heavy atom. The fraction of sp³-hybridized carbons (Fsp3) is 0.375. The molecule has 124 valence electrons. The lowest BCUT2D eigenvalue weighted by Gasteiger charge is -2.14. The largest absolute Gasteiger partial charge is 0.439 e. The number of aryl methyl sites for hydroxylation is 1. The molecule has 0 radical (unpaired) electrons. The number of nitro benzene ring substituents is 1. The van der Waals surface area contributed by atoms with E-state index in [2.05, 4.69) is 20.7 Å². The van der Waals surface area contributed by atoms with Crippen LogP contribution in [0.1, 0.15) is 35.5 Å². The minimum Gasteiger partial charge on any atom is -0.439 e. The van der Waals surface area contributed by atoms with Crippen molar-refractivity contribution in [3.05, 3.63) is 50.3 Å². The smallest absolute Gasteiger partial charge is 0.271 e. The Kier molecular flexibility index (Phi) is 3.78. The monoisotopic (exact) mass is 344 g/mol. The van der Waals surface area contributed by atoms with Crippen LogP contribution >= 0.6 is 11.3 Å². The zero-order valence-electron chi connectivity index (χ0n) is 13.1. The number of non-ortho nitro benzene ring substituents is 1. The summed E-state index contributed by atoms with van der Waals surface area (Å²) in [5.41, 5.74) is 2.13. The highest BCUT2D eigenvalue weighted by Crippen LogP contribution is 2.42. The lowest BCUT2D eigenvalue weighted by Crippen LogP contribution is -2.22. The van der Waals surface area contributed by atoms with Gasteiger partial charge in [-0.3, -0.25) is 15.4 Å². The maximum atomic E-state index is 10.8. The summed E-state index contributed by atoms with van der Waals surface area (Å²) in [7, 11) is 0. The third-order valence-electron chi connectivity index (χ3n) is 4.10. The summed E-state index contributed by atoms with van der Waals surface area (Å²) in [4.78, 5) is 19.3. The van der Waals surface area contributed by atoms with Crippen LogP contribution in [0.3, 0.4) is 0 Å². The van der Waals surface area contributed by atoms with E-state index in [-0.39, 0.29) is 11.7 Å². The second-order valence-corrected chi connectivity index (χ2v) is 6.93. The van der Waals surface area contributed by atoms with E-state index in [0.29, 0.717) is 29.5 Å². The van der Waals surface area contributed by atoms with Crippen molar-refractivity contribution < 1.29 is 9.34 Å². The second kappa shape index (κ2) is 5.95. The Balaban J connectivity index is 1.52. The number of benzene rings is 1. The summed E-state index contributed by atoms with van der Waals surface area (Å²) in [5, 5.41) is 17.5. The van der Waals surface area contributed by atoms with Crippen LogP contribution in [0.25, 0.3) is 11.1 Å². The molecule has 1 fully saturated rings. The molecule has 7 nitrogen and oxygen atoms in total. The molecule has 24 heavy (non-hydrogen) atoms. The van der Waals surface area contributed by atoms with Crippen LogP contribution in [-0.4, -0.2) is 14.9 Å². The van der Waals surface area contributed by atoms with Gasteiger partial charge in [0.1, 0.15) is 10.5 Å². The maximum Gasteiger partial charge on any atom is 0.271 e. The topological polar surface area (TPSA) is 94.1 Å². The normalized spacial score (nSPS) is 15.7. The predicted molar refractivity (Wildman–Crippen MR) is 89.8 cm³/mol. The van der Waals surface area contributed by atoms with Gasteiger partial charge in [-0.05, 0) is 31.7 Å². The van der Waals surface area contributed by atoms with Gasteiger partial charge in [-0.2, -0.15) is 0 Å². The Hall–Kier alpha value is -2.32. The fourth-order valence-electron chi connectivity index (χ4n) is 2.75.